The number of hydrogen-bond donors (Lipinski definition) is 1. The van der Waals surface area contributed by atoms with Crippen LogP contribution in [-0.2, 0) is 11.3 Å². The molecule has 0 aliphatic heterocycles. The van der Waals surface area contributed by atoms with Crippen LogP contribution in [0, 0.1) is 5.92 Å². The summed E-state index contributed by atoms with van der Waals surface area (Å²) in [5.41, 5.74) is 0. The highest BCUT2D eigenvalue weighted by Gasteiger charge is 2.23. The fourth-order valence-electron chi connectivity index (χ4n) is 2.67. The maximum atomic E-state index is 10.5. The van der Waals surface area contributed by atoms with Gasteiger partial charge in [0.2, 0.25) is 0 Å². The van der Waals surface area contributed by atoms with Crippen LogP contribution in [0.5, 0.6) is 0 Å². The lowest BCUT2D eigenvalue weighted by atomic mass is 9.82. The first-order chi connectivity index (χ1) is 8.66. The SMILES string of the molecule is CC1CCC(c2nncn2CCCC(=O)O)CC1. The molecule has 1 fully saturated rings. The largest absolute Gasteiger partial charge is 0.481 e. The number of aliphatic carboxylic acids is 1. The monoisotopic (exact) mass is 251 g/mol. The lowest BCUT2D eigenvalue weighted by molar-refractivity contribution is -0.137. The fraction of sp³-hybridized carbons (Fsp3) is 0.769. The van der Waals surface area contributed by atoms with E-state index >= 15 is 0 Å². The normalized spacial score (nSPS) is 24.1. The highest BCUT2D eigenvalue weighted by molar-refractivity contribution is 5.66. The number of carbonyl (C=O) groups is 1. The lowest BCUT2D eigenvalue weighted by Crippen LogP contribution is -2.16. The summed E-state index contributed by atoms with van der Waals surface area (Å²) < 4.78 is 2.03. The zero-order valence-electron chi connectivity index (χ0n) is 10.9. The van der Waals surface area contributed by atoms with Crippen LogP contribution in [0.3, 0.4) is 0 Å². The molecule has 1 aliphatic carbocycles. The Labute approximate surface area is 107 Å². The van der Waals surface area contributed by atoms with Gasteiger partial charge in [-0.15, -0.1) is 10.2 Å². The molecular weight excluding hydrogens is 230 g/mol. The number of rotatable bonds is 5. The molecule has 1 heterocycles. The van der Waals surface area contributed by atoms with Crippen LogP contribution in [0.2, 0.25) is 0 Å². The van der Waals surface area contributed by atoms with E-state index in [1.54, 1.807) is 6.33 Å². The second-order valence-electron chi connectivity index (χ2n) is 5.34. The van der Waals surface area contributed by atoms with Gasteiger partial charge in [0.25, 0.3) is 0 Å². The maximum Gasteiger partial charge on any atom is 0.303 e. The van der Waals surface area contributed by atoms with Crippen molar-refractivity contribution in [2.24, 2.45) is 5.92 Å². The first-order valence-electron chi connectivity index (χ1n) is 6.76. The average molecular weight is 251 g/mol. The summed E-state index contributed by atoms with van der Waals surface area (Å²) in [5.74, 6) is 1.64. The molecule has 1 aromatic rings. The molecule has 100 valence electrons. The Morgan fingerprint density at radius 1 is 1.44 bits per heavy atom. The number of carboxylic acids is 1. The Bertz CT molecular complexity index is 395. The first-order valence-corrected chi connectivity index (χ1v) is 6.76. The fourth-order valence-corrected chi connectivity index (χ4v) is 2.67. The average Bonchev–Trinajstić information content (AvgIpc) is 2.78. The summed E-state index contributed by atoms with van der Waals surface area (Å²) in [6.07, 6.45) is 7.45. The van der Waals surface area contributed by atoms with Crippen LogP contribution >= 0.6 is 0 Å². The number of hydrogen-bond acceptors (Lipinski definition) is 3. The summed E-state index contributed by atoms with van der Waals surface area (Å²) in [4.78, 5) is 10.5. The minimum absolute atomic E-state index is 0.208. The van der Waals surface area contributed by atoms with E-state index < -0.39 is 5.97 Å². The first kappa shape index (κ1) is 13.1. The van der Waals surface area contributed by atoms with Crippen molar-refractivity contribution < 1.29 is 9.90 Å². The molecule has 2 rings (SSSR count). The molecular formula is C13H21N3O2. The molecule has 0 radical (unpaired) electrons. The quantitative estimate of drug-likeness (QED) is 0.872. The summed E-state index contributed by atoms with van der Waals surface area (Å²) in [7, 11) is 0. The standard InChI is InChI=1S/C13H21N3O2/c1-10-4-6-11(7-5-10)13-15-14-9-16(13)8-2-3-12(17)18/h9-11H,2-8H2,1H3,(H,17,18). The van der Waals surface area contributed by atoms with E-state index in [2.05, 4.69) is 17.1 Å². The van der Waals surface area contributed by atoms with Gasteiger partial charge in [0, 0.05) is 18.9 Å². The Hall–Kier alpha value is -1.39. The second-order valence-corrected chi connectivity index (χ2v) is 5.34. The molecule has 0 aromatic carbocycles. The summed E-state index contributed by atoms with van der Waals surface area (Å²) in [6, 6.07) is 0. The van der Waals surface area contributed by atoms with Gasteiger partial charge in [-0.1, -0.05) is 19.8 Å². The van der Waals surface area contributed by atoms with E-state index in [0.717, 1.165) is 11.7 Å². The number of carboxylic acid groups (broad SMARTS) is 1. The molecule has 5 nitrogen and oxygen atoms in total. The number of nitrogens with zero attached hydrogens (tertiary/aromatic N) is 3. The zero-order chi connectivity index (χ0) is 13.0. The second kappa shape index (κ2) is 5.98. The third kappa shape index (κ3) is 3.31. The van der Waals surface area contributed by atoms with Crippen LogP contribution in [0.4, 0.5) is 0 Å². The molecule has 5 heteroatoms. The van der Waals surface area contributed by atoms with Crippen LogP contribution in [0.15, 0.2) is 6.33 Å². The van der Waals surface area contributed by atoms with Gasteiger partial charge < -0.3 is 9.67 Å². The Kier molecular flexibility index (Phi) is 4.33. The van der Waals surface area contributed by atoms with E-state index in [1.807, 2.05) is 4.57 Å². The maximum absolute atomic E-state index is 10.5. The smallest absolute Gasteiger partial charge is 0.303 e. The van der Waals surface area contributed by atoms with E-state index in [1.165, 1.54) is 25.7 Å². The highest BCUT2D eigenvalue weighted by atomic mass is 16.4. The van der Waals surface area contributed by atoms with Gasteiger partial charge in [-0.2, -0.15) is 0 Å². The van der Waals surface area contributed by atoms with Gasteiger partial charge >= 0.3 is 5.97 Å². The van der Waals surface area contributed by atoms with Crippen molar-refractivity contribution in [3.63, 3.8) is 0 Å². The highest BCUT2D eigenvalue weighted by Crippen LogP contribution is 2.34. The molecule has 0 atom stereocenters. The minimum Gasteiger partial charge on any atom is -0.481 e. The molecule has 1 aliphatic rings. The van der Waals surface area contributed by atoms with Crippen molar-refractivity contribution in [2.45, 2.75) is 57.9 Å². The predicted octanol–water partition coefficient (Wildman–Crippen LogP) is 2.44. The lowest BCUT2D eigenvalue weighted by Gasteiger charge is -2.25. The van der Waals surface area contributed by atoms with Crippen LogP contribution in [0.1, 0.15) is 57.2 Å². The van der Waals surface area contributed by atoms with Gasteiger partial charge in [0.1, 0.15) is 12.2 Å². The van der Waals surface area contributed by atoms with Gasteiger partial charge in [0.05, 0.1) is 0 Å². The van der Waals surface area contributed by atoms with Crippen LogP contribution in [0.25, 0.3) is 0 Å². The van der Waals surface area contributed by atoms with Gasteiger partial charge in [-0.05, 0) is 25.2 Å². The molecule has 0 bridgehead atoms. The molecule has 1 N–H and O–H groups in total. The Morgan fingerprint density at radius 2 is 2.17 bits per heavy atom. The molecule has 0 spiro atoms. The van der Waals surface area contributed by atoms with Crippen LogP contribution < -0.4 is 0 Å². The predicted molar refractivity (Wildman–Crippen MR) is 67.3 cm³/mol. The molecule has 18 heavy (non-hydrogen) atoms. The van der Waals surface area contributed by atoms with Crippen molar-refractivity contribution in [2.75, 3.05) is 0 Å². The third-order valence-corrected chi connectivity index (χ3v) is 3.82. The molecule has 1 saturated carbocycles. The van der Waals surface area contributed by atoms with E-state index in [4.69, 9.17) is 5.11 Å². The topological polar surface area (TPSA) is 68.0 Å². The van der Waals surface area contributed by atoms with Crippen LogP contribution in [-0.4, -0.2) is 25.8 Å². The minimum atomic E-state index is -0.740. The van der Waals surface area contributed by atoms with E-state index in [9.17, 15) is 4.79 Å². The summed E-state index contributed by atoms with van der Waals surface area (Å²) >= 11 is 0. The summed E-state index contributed by atoms with van der Waals surface area (Å²) in [6.45, 7) is 3.01. The van der Waals surface area contributed by atoms with Crippen molar-refractivity contribution >= 4 is 5.97 Å². The van der Waals surface area contributed by atoms with Crippen molar-refractivity contribution in [1.82, 2.24) is 14.8 Å². The number of aromatic nitrogens is 3. The van der Waals surface area contributed by atoms with E-state index in [0.29, 0.717) is 18.9 Å². The van der Waals surface area contributed by atoms with E-state index in [-0.39, 0.29) is 6.42 Å². The molecule has 0 saturated heterocycles. The van der Waals surface area contributed by atoms with Gasteiger partial charge in [-0.3, -0.25) is 4.79 Å². The zero-order valence-corrected chi connectivity index (χ0v) is 10.9. The third-order valence-electron chi connectivity index (χ3n) is 3.82. The van der Waals surface area contributed by atoms with Crippen molar-refractivity contribution in [3.05, 3.63) is 12.2 Å². The van der Waals surface area contributed by atoms with Crippen molar-refractivity contribution in [3.8, 4) is 0 Å². The summed E-state index contributed by atoms with van der Waals surface area (Å²) in [5, 5.41) is 16.9. The van der Waals surface area contributed by atoms with Crippen molar-refractivity contribution in [1.29, 1.82) is 0 Å². The van der Waals surface area contributed by atoms with Gasteiger partial charge in [-0.25, -0.2) is 0 Å². The number of aryl methyl sites for hydroxylation is 1. The molecule has 0 unspecified atom stereocenters. The van der Waals surface area contributed by atoms with Gasteiger partial charge in [0.15, 0.2) is 0 Å². The molecule has 0 amide bonds. The molecule has 1 aromatic heterocycles. The Morgan fingerprint density at radius 3 is 2.83 bits per heavy atom. The Balaban J connectivity index is 1.92.